The molecule has 0 saturated heterocycles. The lowest BCUT2D eigenvalue weighted by atomic mass is 10.2. The van der Waals surface area contributed by atoms with E-state index in [2.05, 4.69) is 58.5 Å². The van der Waals surface area contributed by atoms with Gasteiger partial charge in [0.15, 0.2) is 0 Å². The van der Waals surface area contributed by atoms with E-state index in [0.29, 0.717) is 0 Å². The third-order valence-corrected chi connectivity index (χ3v) is 4.46. The highest BCUT2D eigenvalue weighted by Gasteiger charge is 2.12. The molecule has 0 fully saturated rings. The molecule has 0 amide bonds. The van der Waals surface area contributed by atoms with Gasteiger partial charge >= 0.3 is 0 Å². The minimum atomic E-state index is 0. The van der Waals surface area contributed by atoms with Crippen molar-refractivity contribution in [1.82, 2.24) is 20.0 Å². The first-order valence-electron chi connectivity index (χ1n) is 7.32. The fraction of sp³-hybridized carbons (Fsp3) is 0.438. The zero-order valence-corrected chi connectivity index (χ0v) is 15.9. The third-order valence-electron chi connectivity index (χ3n) is 3.74. The summed E-state index contributed by atoms with van der Waals surface area (Å²) >= 11 is 1.79. The molecule has 3 rings (SSSR count). The van der Waals surface area contributed by atoms with Gasteiger partial charge < -0.3 is 5.32 Å². The van der Waals surface area contributed by atoms with Crippen LogP contribution in [-0.2, 0) is 26.2 Å². The lowest BCUT2D eigenvalue weighted by Gasteiger charge is -2.15. The van der Waals surface area contributed by atoms with Crippen LogP contribution in [-0.4, -0.2) is 34.5 Å². The highest BCUT2D eigenvalue weighted by Crippen LogP contribution is 2.17. The number of aromatic nitrogens is 2. The molecular formula is C16H24Cl2N4S. The van der Waals surface area contributed by atoms with Crippen molar-refractivity contribution < 1.29 is 0 Å². The van der Waals surface area contributed by atoms with E-state index in [4.69, 9.17) is 5.10 Å². The molecule has 2 aromatic rings. The second-order valence-corrected chi connectivity index (χ2v) is 6.43. The maximum absolute atomic E-state index is 4.70. The third kappa shape index (κ3) is 5.40. The fourth-order valence-electron chi connectivity index (χ4n) is 2.74. The van der Waals surface area contributed by atoms with Gasteiger partial charge in [-0.3, -0.25) is 9.58 Å². The van der Waals surface area contributed by atoms with E-state index in [0.717, 1.165) is 38.4 Å². The van der Waals surface area contributed by atoms with Crippen LogP contribution in [0.4, 0.5) is 0 Å². The van der Waals surface area contributed by atoms with Gasteiger partial charge in [0.1, 0.15) is 0 Å². The monoisotopic (exact) mass is 374 g/mol. The predicted molar refractivity (Wildman–Crippen MR) is 102 cm³/mol. The summed E-state index contributed by atoms with van der Waals surface area (Å²) in [5.41, 5.74) is 3.82. The molecule has 1 N–H and O–H groups in total. The summed E-state index contributed by atoms with van der Waals surface area (Å²) in [6.07, 6.45) is 2.12. The number of fused-ring (bicyclic) bond motifs is 1. The predicted octanol–water partition coefficient (Wildman–Crippen LogP) is 3.18. The minimum Gasteiger partial charge on any atom is -0.309 e. The summed E-state index contributed by atoms with van der Waals surface area (Å²) in [5, 5.41) is 8.08. The van der Waals surface area contributed by atoms with Crippen LogP contribution in [0.5, 0.6) is 0 Å². The van der Waals surface area contributed by atoms with E-state index >= 15 is 0 Å². The largest absolute Gasteiger partial charge is 0.309 e. The Labute approximate surface area is 154 Å². The van der Waals surface area contributed by atoms with Crippen LogP contribution in [0.15, 0.2) is 35.2 Å². The summed E-state index contributed by atoms with van der Waals surface area (Å²) < 4.78 is 2.13. The molecule has 2 heterocycles. The van der Waals surface area contributed by atoms with Crippen LogP contribution in [0, 0.1) is 0 Å². The van der Waals surface area contributed by atoms with E-state index in [-0.39, 0.29) is 24.8 Å². The van der Waals surface area contributed by atoms with Gasteiger partial charge in [-0.15, -0.1) is 36.6 Å². The number of hydrogen-bond acceptors (Lipinski definition) is 4. The maximum atomic E-state index is 4.70. The first kappa shape index (κ1) is 20.3. The molecule has 4 nitrogen and oxygen atoms in total. The molecule has 1 aliphatic heterocycles. The molecule has 0 unspecified atom stereocenters. The molecule has 1 aliphatic rings. The van der Waals surface area contributed by atoms with Gasteiger partial charge in [-0.05, 0) is 37.1 Å². The molecule has 0 saturated carbocycles. The van der Waals surface area contributed by atoms with Crippen LogP contribution < -0.4 is 5.32 Å². The summed E-state index contributed by atoms with van der Waals surface area (Å²) in [6.45, 7) is 4.78. The van der Waals surface area contributed by atoms with Crippen LogP contribution in [0.3, 0.4) is 0 Å². The van der Waals surface area contributed by atoms with Crippen LogP contribution >= 0.6 is 36.6 Å². The summed E-state index contributed by atoms with van der Waals surface area (Å²) in [6, 6.07) is 11.0. The fourth-order valence-corrected chi connectivity index (χ4v) is 3.23. The molecule has 128 valence electrons. The van der Waals surface area contributed by atoms with Crippen molar-refractivity contribution in [3.8, 4) is 0 Å². The van der Waals surface area contributed by atoms with Crippen molar-refractivity contribution in [1.29, 1.82) is 0 Å². The molecule has 0 spiro atoms. The number of nitrogens with zero attached hydrogens (tertiary/aromatic N) is 3. The van der Waals surface area contributed by atoms with Crippen molar-refractivity contribution in [2.45, 2.75) is 31.1 Å². The average molecular weight is 375 g/mol. The Hall–Kier alpha value is -0.720. The SMILES string of the molecule is CSc1cccc(CN(C)Cc2cc3n(n2)CCNC3)c1.Cl.Cl. The highest BCUT2D eigenvalue weighted by molar-refractivity contribution is 7.98. The van der Waals surface area contributed by atoms with Gasteiger partial charge in [0.05, 0.1) is 17.9 Å². The zero-order chi connectivity index (χ0) is 14.7. The van der Waals surface area contributed by atoms with Gasteiger partial charge in [0, 0.05) is 31.1 Å². The summed E-state index contributed by atoms with van der Waals surface area (Å²) in [4.78, 5) is 3.64. The van der Waals surface area contributed by atoms with Gasteiger partial charge in [-0.2, -0.15) is 5.10 Å². The molecule has 0 aliphatic carbocycles. The molecule has 1 aromatic carbocycles. The second-order valence-electron chi connectivity index (χ2n) is 5.55. The molecule has 0 radical (unpaired) electrons. The Morgan fingerprint density at radius 3 is 2.83 bits per heavy atom. The Bertz CT molecular complexity index is 594. The Morgan fingerprint density at radius 1 is 1.26 bits per heavy atom. The van der Waals surface area contributed by atoms with E-state index in [1.165, 1.54) is 16.2 Å². The van der Waals surface area contributed by atoms with E-state index < -0.39 is 0 Å². The van der Waals surface area contributed by atoms with Crippen molar-refractivity contribution in [3.63, 3.8) is 0 Å². The summed E-state index contributed by atoms with van der Waals surface area (Å²) in [5.74, 6) is 0. The van der Waals surface area contributed by atoms with Gasteiger partial charge in [-0.1, -0.05) is 12.1 Å². The van der Waals surface area contributed by atoms with Crippen molar-refractivity contribution in [2.75, 3.05) is 19.8 Å². The van der Waals surface area contributed by atoms with Crippen LogP contribution in [0.25, 0.3) is 0 Å². The summed E-state index contributed by atoms with van der Waals surface area (Å²) in [7, 11) is 2.16. The van der Waals surface area contributed by atoms with Crippen molar-refractivity contribution in [3.05, 3.63) is 47.3 Å². The smallest absolute Gasteiger partial charge is 0.0768 e. The Balaban J connectivity index is 0.00000132. The molecule has 0 bridgehead atoms. The van der Waals surface area contributed by atoms with Gasteiger partial charge in [-0.25, -0.2) is 0 Å². The van der Waals surface area contributed by atoms with Gasteiger partial charge in [0.2, 0.25) is 0 Å². The lowest BCUT2D eigenvalue weighted by Crippen LogP contribution is -2.28. The number of benzene rings is 1. The quantitative estimate of drug-likeness (QED) is 0.814. The molecule has 0 atom stereocenters. The highest BCUT2D eigenvalue weighted by atomic mass is 35.5. The van der Waals surface area contributed by atoms with E-state index in [9.17, 15) is 0 Å². The molecule has 1 aromatic heterocycles. The first-order valence-corrected chi connectivity index (χ1v) is 8.55. The standard InChI is InChI=1S/C16H22N4S.2ClH/c1-19(11-13-4-3-5-16(8-13)21-2)12-14-9-15-10-17-6-7-20(15)18-14;;/h3-5,8-9,17H,6-7,10-12H2,1-2H3;2*1H. The average Bonchev–Trinajstić information content (AvgIpc) is 2.89. The van der Waals surface area contributed by atoms with E-state index in [1.807, 2.05) is 0 Å². The Morgan fingerprint density at radius 2 is 2.09 bits per heavy atom. The normalized spacial score (nSPS) is 13.2. The zero-order valence-electron chi connectivity index (χ0n) is 13.5. The number of hydrogen-bond donors (Lipinski definition) is 1. The molecule has 23 heavy (non-hydrogen) atoms. The van der Waals surface area contributed by atoms with Crippen molar-refractivity contribution >= 4 is 36.6 Å². The number of halogens is 2. The molecular weight excluding hydrogens is 351 g/mol. The number of thioether (sulfide) groups is 1. The maximum Gasteiger partial charge on any atom is 0.0768 e. The van der Waals surface area contributed by atoms with Crippen LogP contribution in [0.1, 0.15) is 17.0 Å². The van der Waals surface area contributed by atoms with E-state index in [1.54, 1.807) is 11.8 Å². The first-order chi connectivity index (χ1) is 10.2. The van der Waals surface area contributed by atoms with Crippen LogP contribution in [0.2, 0.25) is 0 Å². The Kier molecular flexibility index (Phi) is 8.44. The minimum absolute atomic E-state index is 0. The number of rotatable bonds is 5. The van der Waals surface area contributed by atoms with Gasteiger partial charge in [0.25, 0.3) is 0 Å². The second kappa shape index (κ2) is 9.55. The lowest BCUT2D eigenvalue weighted by molar-refractivity contribution is 0.313. The topological polar surface area (TPSA) is 33.1 Å². The van der Waals surface area contributed by atoms with Crippen molar-refractivity contribution in [2.24, 2.45) is 0 Å². The number of nitrogens with one attached hydrogen (secondary N) is 1. The molecule has 7 heteroatoms.